The second-order valence-electron chi connectivity index (χ2n) is 4.49. The first-order valence-electron chi connectivity index (χ1n) is 6.00. The van der Waals surface area contributed by atoms with Crippen molar-refractivity contribution < 1.29 is 9.90 Å². The summed E-state index contributed by atoms with van der Waals surface area (Å²) in [6.45, 7) is 5.56. The number of rotatable bonds is 3. The number of amides is 1. The molecule has 2 rings (SSSR count). The molecule has 0 spiro atoms. The molecule has 2 N–H and O–H groups in total. The maximum Gasteiger partial charge on any atom is 0.255 e. The summed E-state index contributed by atoms with van der Waals surface area (Å²) in [6.07, 6.45) is 0. The summed E-state index contributed by atoms with van der Waals surface area (Å²) in [5.74, 6) is -0.260. The number of hydrogen-bond acceptors (Lipinski definition) is 4. The molecular weight excluding hydrogens is 260 g/mol. The molecule has 0 radical (unpaired) electrons. The van der Waals surface area contributed by atoms with E-state index < -0.39 is 0 Å². The smallest absolute Gasteiger partial charge is 0.255 e. The summed E-state index contributed by atoms with van der Waals surface area (Å²) in [7, 11) is 0. The van der Waals surface area contributed by atoms with Gasteiger partial charge in [0, 0.05) is 11.1 Å². The Bertz CT molecular complexity index is 607. The molecule has 5 heteroatoms. The molecule has 1 aromatic carbocycles. The molecule has 0 aliphatic rings. The monoisotopic (exact) mass is 276 g/mol. The highest BCUT2D eigenvalue weighted by Gasteiger charge is 2.17. The Morgan fingerprint density at radius 2 is 2.16 bits per heavy atom. The van der Waals surface area contributed by atoms with Gasteiger partial charge in [-0.15, -0.1) is 11.3 Å². The summed E-state index contributed by atoms with van der Waals surface area (Å²) in [5, 5.41) is 15.5. The van der Waals surface area contributed by atoms with E-state index in [1.165, 1.54) is 11.3 Å². The molecule has 0 aliphatic carbocycles. The number of nitrogens with one attached hydrogen (secondary N) is 1. The van der Waals surface area contributed by atoms with E-state index in [0.29, 0.717) is 11.1 Å². The molecule has 4 nitrogen and oxygen atoms in total. The van der Waals surface area contributed by atoms with Crippen molar-refractivity contribution in [2.45, 2.75) is 26.8 Å². The number of aromatic hydroxyl groups is 1. The van der Waals surface area contributed by atoms with Crippen LogP contribution in [0.4, 0.5) is 0 Å². The van der Waals surface area contributed by atoms with Crippen LogP contribution in [0.5, 0.6) is 5.75 Å². The van der Waals surface area contributed by atoms with E-state index in [4.69, 9.17) is 0 Å². The Morgan fingerprint density at radius 1 is 1.42 bits per heavy atom. The van der Waals surface area contributed by atoms with Crippen LogP contribution >= 0.6 is 11.3 Å². The number of hydrogen-bond donors (Lipinski definition) is 2. The van der Waals surface area contributed by atoms with Gasteiger partial charge in [0.05, 0.1) is 11.6 Å². The predicted molar refractivity (Wildman–Crippen MR) is 75.6 cm³/mol. The third-order valence-electron chi connectivity index (χ3n) is 2.84. The molecule has 0 fully saturated rings. The van der Waals surface area contributed by atoms with Crippen molar-refractivity contribution in [2.24, 2.45) is 0 Å². The van der Waals surface area contributed by atoms with E-state index in [2.05, 4.69) is 10.3 Å². The summed E-state index contributed by atoms with van der Waals surface area (Å²) in [4.78, 5) is 16.5. The van der Waals surface area contributed by atoms with Gasteiger partial charge in [-0.1, -0.05) is 12.1 Å². The second-order valence-corrected chi connectivity index (χ2v) is 5.38. The lowest BCUT2D eigenvalue weighted by molar-refractivity contribution is 0.0937. The fourth-order valence-electron chi connectivity index (χ4n) is 1.75. The number of para-hydroxylation sites is 1. The molecular formula is C14H16N2O2S. The largest absolute Gasteiger partial charge is 0.507 e. The number of nitrogens with zero attached hydrogens (tertiary/aromatic N) is 1. The Hall–Kier alpha value is -1.88. The number of aryl methyl sites for hydroxylation is 2. The Balaban J connectivity index is 2.15. The van der Waals surface area contributed by atoms with Gasteiger partial charge in [0.2, 0.25) is 0 Å². The van der Waals surface area contributed by atoms with Crippen molar-refractivity contribution in [3.05, 3.63) is 45.4 Å². The normalized spacial score (nSPS) is 12.2. The molecule has 1 heterocycles. The first kappa shape index (κ1) is 13.5. The van der Waals surface area contributed by atoms with Gasteiger partial charge < -0.3 is 10.4 Å². The van der Waals surface area contributed by atoms with Crippen LogP contribution in [0.3, 0.4) is 0 Å². The molecule has 1 atom stereocenters. The lowest BCUT2D eigenvalue weighted by Gasteiger charge is -2.12. The average Bonchev–Trinajstić information content (AvgIpc) is 2.79. The zero-order valence-electron chi connectivity index (χ0n) is 11.1. The van der Waals surface area contributed by atoms with Crippen LogP contribution in [0.25, 0.3) is 0 Å². The minimum Gasteiger partial charge on any atom is -0.507 e. The molecule has 0 bridgehead atoms. The molecule has 100 valence electrons. The topological polar surface area (TPSA) is 62.2 Å². The van der Waals surface area contributed by atoms with E-state index in [1.54, 1.807) is 25.1 Å². The fourth-order valence-corrected chi connectivity index (χ4v) is 2.55. The van der Waals surface area contributed by atoms with Gasteiger partial charge in [-0.25, -0.2) is 4.98 Å². The highest BCUT2D eigenvalue weighted by atomic mass is 32.1. The summed E-state index contributed by atoms with van der Waals surface area (Å²) in [6, 6.07) is 4.95. The van der Waals surface area contributed by atoms with Gasteiger partial charge in [0.1, 0.15) is 10.8 Å². The van der Waals surface area contributed by atoms with Gasteiger partial charge >= 0.3 is 0 Å². The van der Waals surface area contributed by atoms with Gasteiger partial charge in [-0.05, 0) is 32.4 Å². The van der Waals surface area contributed by atoms with Crippen molar-refractivity contribution in [3.8, 4) is 5.75 Å². The zero-order valence-corrected chi connectivity index (χ0v) is 11.9. The molecule has 19 heavy (non-hydrogen) atoms. The van der Waals surface area contributed by atoms with Gasteiger partial charge in [0.25, 0.3) is 5.91 Å². The maximum absolute atomic E-state index is 12.1. The minimum atomic E-state index is -0.290. The Labute approximate surface area is 116 Å². The summed E-state index contributed by atoms with van der Waals surface area (Å²) >= 11 is 1.51. The standard InChI is InChI=1S/C14H16N2O2S/c1-8-5-4-6-11(12(8)17)13(18)16-10(3)14-15-9(2)7-19-14/h4-7,10,17H,1-3H3,(H,16,18). The SMILES string of the molecule is Cc1csc(C(C)NC(=O)c2cccc(C)c2O)n1. The Kier molecular flexibility index (Phi) is 3.85. The highest BCUT2D eigenvalue weighted by molar-refractivity contribution is 7.09. The lowest BCUT2D eigenvalue weighted by Crippen LogP contribution is -2.26. The van der Waals surface area contributed by atoms with Gasteiger partial charge in [-0.2, -0.15) is 0 Å². The number of thiazole rings is 1. The number of phenols is 1. The van der Waals surface area contributed by atoms with E-state index >= 15 is 0 Å². The van der Waals surface area contributed by atoms with Crippen molar-refractivity contribution in [3.63, 3.8) is 0 Å². The number of phenolic OH excluding ortho intramolecular Hbond substituents is 1. The molecule has 0 saturated carbocycles. The number of benzene rings is 1. The van der Waals surface area contributed by atoms with Crippen LogP contribution in [-0.4, -0.2) is 16.0 Å². The van der Waals surface area contributed by atoms with Crippen LogP contribution in [-0.2, 0) is 0 Å². The summed E-state index contributed by atoms with van der Waals surface area (Å²) < 4.78 is 0. The second kappa shape index (κ2) is 5.40. The Morgan fingerprint density at radius 3 is 2.79 bits per heavy atom. The van der Waals surface area contributed by atoms with E-state index in [-0.39, 0.29) is 17.7 Å². The van der Waals surface area contributed by atoms with Crippen LogP contribution in [0, 0.1) is 13.8 Å². The van der Waals surface area contributed by atoms with Crippen molar-refractivity contribution in [2.75, 3.05) is 0 Å². The fraction of sp³-hybridized carbons (Fsp3) is 0.286. The van der Waals surface area contributed by atoms with Crippen LogP contribution in [0.2, 0.25) is 0 Å². The van der Waals surface area contributed by atoms with Crippen molar-refractivity contribution in [1.82, 2.24) is 10.3 Å². The first-order valence-corrected chi connectivity index (χ1v) is 6.88. The highest BCUT2D eigenvalue weighted by Crippen LogP contribution is 2.23. The van der Waals surface area contributed by atoms with Gasteiger partial charge in [-0.3, -0.25) is 4.79 Å². The van der Waals surface area contributed by atoms with Crippen LogP contribution in [0.1, 0.15) is 39.6 Å². The summed E-state index contributed by atoms with van der Waals surface area (Å²) in [5.41, 5.74) is 1.92. The lowest BCUT2D eigenvalue weighted by atomic mass is 10.1. The number of aromatic nitrogens is 1. The van der Waals surface area contributed by atoms with Gasteiger partial charge in [0.15, 0.2) is 0 Å². The zero-order chi connectivity index (χ0) is 14.0. The minimum absolute atomic E-state index is 0.0301. The molecule has 1 amide bonds. The number of carbonyl (C=O) groups excluding carboxylic acids is 1. The molecule has 1 unspecified atom stereocenters. The van der Waals surface area contributed by atoms with E-state index in [1.807, 2.05) is 19.2 Å². The van der Waals surface area contributed by atoms with Crippen molar-refractivity contribution >= 4 is 17.2 Å². The van der Waals surface area contributed by atoms with Crippen LogP contribution in [0.15, 0.2) is 23.6 Å². The predicted octanol–water partition coefficient (Wildman–Crippen LogP) is 2.96. The third kappa shape index (κ3) is 2.93. The van der Waals surface area contributed by atoms with Crippen LogP contribution < -0.4 is 5.32 Å². The van der Waals surface area contributed by atoms with E-state index in [0.717, 1.165) is 10.7 Å². The number of carbonyl (C=O) groups is 1. The molecule has 0 saturated heterocycles. The molecule has 1 aromatic heterocycles. The molecule has 0 aliphatic heterocycles. The quantitative estimate of drug-likeness (QED) is 0.906. The maximum atomic E-state index is 12.1. The first-order chi connectivity index (χ1) is 8.99. The van der Waals surface area contributed by atoms with E-state index in [9.17, 15) is 9.90 Å². The third-order valence-corrected chi connectivity index (χ3v) is 3.98. The molecule has 2 aromatic rings. The van der Waals surface area contributed by atoms with Crippen molar-refractivity contribution in [1.29, 1.82) is 0 Å². The average molecular weight is 276 g/mol.